The molecule has 0 amide bonds. The molecule has 0 aliphatic carbocycles. The van der Waals surface area contributed by atoms with E-state index in [9.17, 15) is 14.7 Å². The average molecular weight is 230 g/mol. The lowest BCUT2D eigenvalue weighted by Gasteiger charge is -2.40. The predicted octanol–water partition coefficient (Wildman–Crippen LogP) is 2.77. The van der Waals surface area contributed by atoms with Crippen LogP contribution in [0.2, 0.25) is 0 Å². The molecule has 0 bridgehead atoms. The van der Waals surface area contributed by atoms with Gasteiger partial charge in [0.1, 0.15) is 0 Å². The molecule has 0 aromatic rings. The first kappa shape index (κ1) is 14.9. The Bertz CT molecular complexity index is 265. The van der Waals surface area contributed by atoms with Gasteiger partial charge in [0, 0.05) is 6.42 Å². The van der Waals surface area contributed by atoms with Crippen molar-refractivity contribution in [2.45, 2.75) is 53.4 Å². The lowest BCUT2D eigenvalue weighted by atomic mass is 9.62. The van der Waals surface area contributed by atoms with Gasteiger partial charge in [0.2, 0.25) is 0 Å². The van der Waals surface area contributed by atoms with Crippen LogP contribution < -0.4 is 0 Å². The van der Waals surface area contributed by atoms with E-state index in [0.29, 0.717) is 19.3 Å². The van der Waals surface area contributed by atoms with Gasteiger partial charge in [-0.1, -0.05) is 27.7 Å². The highest BCUT2D eigenvalue weighted by molar-refractivity contribution is 5.75. The van der Waals surface area contributed by atoms with E-state index in [2.05, 4.69) is 0 Å². The molecule has 4 nitrogen and oxygen atoms in total. The summed E-state index contributed by atoms with van der Waals surface area (Å²) in [6.07, 6.45) is 1.37. The van der Waals surface area contributed by atoms with Crippen molar-refractivity contribution in [3.8, 4) is 0 Å². The van der Waals surface area contributed by atoms with E-state index in [-0.39, 0.29) is 11.8 Å². The van der Waals surface area contributed by atoms with Gasteiger partial charge in [0.25, 0.3) is 0 Å². The molecular weight excluding hydrogens is 208 g/mol. The van der Waals surface area contributed by atoms with Crippen LogP contribution in [0.5, 0.6) is 0 Å². The Hall–Kier alpha value is -1.06. The Morgan fingerprint density at radius 1 is 1.12 bits per heavy atom. The van der Waals surface area contributed by atoms with Gasteiger partial charge in [0.15, 0.2) is 0 Å². The minimum absolute atomic E-state index is 0.0328. The highest BCUT2D eigenvalue weighted by Gasteiger charge is 2.46. The summed E-state index contributed by atoms with van der Waals surface area (Å²) in [7, 11) is 0. The number of carbonyl (C=O) groups is 2. The van der Waals surface area contributed by atoms with E-state index in [1.165, 1.54) is 0 Å². The van der Waals surface area contributed by atoms with Crippen LogP contribution in [0.15, 0.2) is 0 Å². The lowest BCUT2D eigenvalue weighted by molar-refractivity contribution is -0.158. The summed E-state index contributed by atoms with van der Waals surface area (Å²) in [6.45, 7) is 7.53. The average Bonchev–Trinajstić information content (AvgIpc) is 2.09. The summed E-state index contributed by atoms with van der Waals surface area (Å²) in [5.74, 6) is -1.70. The van der Waals surface area contributed by atoms with Gasteiger partial charge in [-0.15, -0.1) is 0 Å². The Morgan fingerprint density at radius 2 is 1.62 bits per heavy atom. The van der Waals surface area contributed by atoms with Crippen molar-refractivity contribution in [3.05, 3.63) is 0 Å². The molecule has 0 saturated carbocycles. The smallest absolute Gasteiger partial charge is 0.310 e. The highest BCUT2D eigenvalue weighted by Crippen LogP contribution is 2.45. The van der Waals surface area contributed by atoms with Crippen molar-refractivity contribution in [2.24, 2.45) is 10.8 Å². The second-order valence-electron chi connectivity index (χ2n) is 5.24. The van der Waals surface area contributed by atoms with Gasteiger partial charge in [-0.05, 0) is 24.7 Å². The Balaban J connectivity index is 4.80. The predicted molar refractivity (Wildman–Crippen MR) is 61.3 cm³/mol. The minimum atomic E-state index is -0.871. The maximum atomic E-state index is 11.4. The molecule has 0 aromatic heterocycles. The summed E-state index contributed by atoms with van der Waals surface area (Å²) >= 11 is 0. The topological polar surface area (TPSA) is 74.6 Å². The summed E-state index contributed by atoms with van der Waals surface area (Å²) in [4.78, 5) is 21.9. The first-order valence-electron chi connectivity index (χ1n) is 5.62. The summed E-state index contributed by atoms with van der Waals surface area (Å²) < 4.78 is 0. The van der Waals surface area contributed by atoms with Gasteiger partial charge in [0.05, 0.1) is 5.41 Å². The lowest BCUT2D eigenvalue weighted by Crippen LogP contribution is -2.42. The zero-order valence-electron chi connectivity index (χ0n) is 10.5. The van der Waals surface area contributed by atoms with E-state index in [1.807, 2.05) is 27.7 Å². The monoisotopic (exact) mass is 230 g/mol. The van der Waals surface area contributed by atoms with Crippen LogP contribution in [0.1, 0.15) is 53.4 Å². The fraction of sp³-hybridized carbons (Fsp3) is 0.833. The molecule has 0 spiro atoms. The third-order valence-electron chi connectivity index (χ3n) is 3.44. The van der Waals surface area contributed by atoms with Gasteiger partial charge < -0.3 is 10.2 Å². The molecule has 94 valence electrons. The number of hydrogen-bond acceptors (Lipinski definition) is 2. The van der Waals surface area contributed by atoms with E-state index in [4.69, 9.17) is 5.11 Å². The normalized spacial score (nSPS) is 15.5. The molecule has 0 rings (SSSR count). The van der Waals surface area contributed by atoms with Gasteiger partial charge in [-0.3, -0.25) is 9.59 Å². The molecule has 0 aliphatic rings. The van der Waals surface area contributed by atoms with Crippen molar-refractivity contribution in [2.75, 3.05) is 0 Å². The highest BCUT2D eigenvalue weighted by atomic mass is 16.4. The van der Waals surface area contributed by atoms with Gasteiger partial charge in [-0.2, -0.15) is 0 Å². The Kier molecular flexibility index (Phi) is 4.97. The molecule has 0 heterocycles. The fourth-order valence-electron chi connectivity index (χ4n) is 2.20. The minimum Gasteiger partial charge on any atom is -0.481 e. The van der Waals surface area contributed by atoms with E-state index >= 15 is 0 Å². The largest absolute Gasteiger partial charge is 0.481 e. The molecule has 1 unspecified atom stereocenters. The molecule has 0 radical (unpaired) electrons. The Morgan fingerprint density at radius 3 is 1.88 bits per heavy atom. The molecule has 0 fully saturated rings. The third kappa shape index (κ3) is 3.22. The molecule has 2 N–H and O–H groups in total. The number of rotatable bonds is 6. The molecular formula is C12H22O4. The summed E-state index contributed by atoms with van der Waals surface area (Å²) in [5.41, 5.74) is -1.20. The maximum Gasteiger partial charge on any atom is 0.310 e. The molecule has 1 atom stereocenters. The van der Waals surface area contributed by atoms with Crippen molar-refractivity contribution in [3.63, 3.8) is 0 Å². The zero-order valence-corrected chi connectivity index (χ0v) is 10.5. The van der Waals surface area contributed by atoms with Crippen LogP contribution in [0.25, 0.3) is 0 Å². The molecule has 0 aliphatic heterocycles. The van der Waals surface area contributed by atoms with Crippen LogP contribution in [0.4, 0.5) is 0 Å². The number of aliphatic carboxylic acids is 2. The van der Waals surface area contributed by atoms with Crippen molar-refractivity contribution >= 4 is 11.9 Å². The molecule has 4 heteroatoms. The Labute approximate surface area is 96.7 Å². The van der Waals surface area contributed by atoms with Gasteiger partial charge in [-0.25, -0.2) is 0 Å². The molecule has 16 heavy (non-hydrogen) atoms. The van der Waals surface area contributed by atoms with E-state index < -0.39 is 17.4 Å². The van der Waals surface area contributed by atoms with Crippen LogP contribution >= 0.6 is 0 Å². The zero-order chi connectivity index (χ0) is 13.0. The maximum absolute atomic E-state index is 11.4. The van der Waals surface area contributed by atoms with Gasteiger partial charge >= 0.3 is 11.9 Å². The second kappa shape index (κ2) is 5.32. The van der Waals surface area contributed by atoms with Crippen LogP contribution in [-0.4, -0.2) is 22.2 Å². The van der Waals surface area contributed by atoms with Crippen molar-refractivity contribution in [1.29, 1.82) is 0 Å². The molecule has 0 aromatic carbocycles. The van der Waals surface area contributed by atoms with Crippen molar-refractivity contribution in [1.82, 2.24) is 0 Å². The quantitative estimate of drug-likeness (QED) is 0.735. The van der Waals surface area contributed by atoms with E-state index in [1.54, 1.807) is 0 Å². The molecule has 0 saturated heterocycles. The summed E-state index contributed by atoms with van der Waals surface area (Å²) in [5, 5.41) is 18.0. The third-order valence-corrected chi connectivity index (χ3v) is 3.44. The SMILES string of the molecule is CCC(CCCC(=O)O)(C(=O)O)C(C)(C)C. The van der Waals surface area contributed by atoms with Crippen molar-refractivity contribution < 1.29 is 19.8 Å². The van der Waals surface area contributed by atoms with E-state index in [0.717, 1.165) is 0 Å². The number of carboxylic acid groups (broad SMARTS) is 2. The fourth-order valence-corrected chi connectivity index (χ4v) is 2.20. The number of hydrogen-bond donors (Lipinski definition) is 2. The first-order valence-corrected chi connectivity index (χ1v) is 5.62. The van der Waals surface area contributed by atoms with Crippen LogP contribution in [-0.2, 0) is 9.59 Å². The number of carboxylic acids is 2. The second-order valence-corrected chi connectivity index (χ2v) is 5.24. The summed E-state index contributed by atoms with van der Waals surface area (Å²) in [6, 6.07) is 0. The standard InChI is InChI=1S/C12H22O4/c1-5-12(10(15)16,11(2,3)4)8-6-7-9(13)14/h5-8H2,1-4H3,(H,13,14)(H,15,16). The van der Waals surface area contributed by atoms with Crippen LogP contribution in [0.3, 0.4) is 0 Å². The van der Waals surface area contributed by atoms with Crippen LogP contribution in [0, 0.1) is 10.8 Å². The first-order chi connectivity index (χ1) is 7.17.